The number of ether oxygens (including phenoxy) is 1. The number of amides is 2. The Morgan fingerprint density at radius 2 is 2.00 bits per heavy atom. The van der Waals surface area contributed by atoms with E-state index >= 15 is 0 Å². The van der Waals surface area contributed by atoms with E-state index in [9.17, 15) is 9.59 Å². The summed E-state index contributed by atoms with van der Waals surface area (Å²) in [5.74, 6) is 0.603. The molecule has 148 valence electrons. The Hall–Kier alpha value is -2.82. The van der Waals surface area contributed by atoms with E-state index in [1.807, 2.05) is 64.1 Å². The normalized spacial score (nSPS) is 15.4. The Morgan fingerprint density at radius 3 is 2.71 bits per heavy atom. The van der Waals surface area contributed by atoms with Crippen molar-refractivity contribution in [2.24, 2.45) is 5.41 Å². The van der Waals surface area contributed by atoms with E-state index in [0.717, 1.165) is 23.2 Å². The largest absolute Gasteiger partial charge is 0.490 e. The van der Waals surface area contributed by atoms with Crippen molar-refractivity contribution in [2.45, 2.75) is 40.5 Å². The molecule has 5 nitrogen and oxygen atoms in total. The van der Waals surface area contributed by atoms with Crippen LogP contribution in [0.1, 0.15) is 38.3 Å². The summed E-state index contributed by atoms with van der Waals surface area (Å²) in [7, 11) is 0. The highest BCUT2D eigenvalue weighted by Crippen LogP contribution is 2.38. The van der Waals surface area contributed by atoms with Crippen LogP contribution in [-0.4, -0.2) is 25.0 Å². The fraction of sp³-hybridized carbons (Fsp3) is 0.391. The van der Waals surface area contributed by atoms with E-state index in [0.29, 0.717) is 31.0 Å². The highest BCUT2D eigenvalue weighted by Gasteiger charge is 2.37. The number of nitrogens with one attached hydrogen (secondary N) is 1. The van der Waals surface area contributed by atoms with Gasteiger partial charge in [-0.1, -0.05) is 36.8 Å². The van der Waals surface area contributed by atoms with Crippen LogP contribution >= 0.6 is 0 Å². The Kier molecular flexibility index (Phi) is 5.73. The number of rotatable bonds is 5. The van der Waals surface area contributed by atoms with Gasteiger partial charge in [0.25, 0.3) is 0 Å². The van der Waals surface area contributed by atoms with Gasteiger partial charge in [-0.05, 0) is 44.9 Å². The smallest absolute Gasteiger partial charge is 0.236 e. The molecule has 28 heavy (non-hydrogen) atoms. The second-order valence-electron chi connectivity index (χ2n) is 8.03. The first-order valence-corrected chi connectivity index (χ1v) is 9.74. The number of hydrogen-bond acceptors (Lipinski definition) is 3. The van der Waals surface area contributed by atoms with E-state index in [2.05, 4.69) is 5.32 Å². The summed E-state index contributed by atoms with van der Waals surface area (Å²) < 4.78 is 5.95. The van der Waals surface area contributed by atoms with Crippen molar-refractivity contribution in [3.8, 4) is 5.75 Å². The molecular weight excluding hydrogens is 352 g/mol. The summed E-state index contributed by atoms with van der Waals surface area (Å²) in [5.41, 5.74) is 2.94. The fourth-order valence-electron chi connectivity index (χ4n) is 3.38. The maximum atomic E-state index is 12.9. The standard InChI is InChI=1S/C23H28N2O3/c1-5-11-25-19-10-9-18(14-20(19)28-15-23(3,4)22(25)27)24-21(26)13-17-8-6-7-16(2)12-17/h6-10,12,14H,5,11,13,15H2,1-4H3,(H,24,26). The van der Waals surface area contributed by atoms with Crippen LogP contribution in [0.25, 0.3) is 0 Å². The van der Waals surface area contributed by atoms with Crippen LogP contribution in [0.3, 0.4) is 0 Å². The molecule has 0 atom stereocenters. The number of carbonyl (C=O) groups excluding carboxylic acids is 2. The fourth-order valence-corrected chi connectivity index (χ4v) is 3.38. The van der Waals surface area contributed by atoms with Crippen LogP contribution in [0.2, 0.25) is 0 Å². The third kappa shape index (κ3) is 4.35. The number of anilines is 2. The van der Waals surface area contributed by atoms with Gasteiger partial charge >= 0.3 is 0 Å². The molecule has 0 saturated carbocycles. The maximum Gasteiger partial charge on any atom is 0.236 e. The zero-order valence-electron chi connectivity index (χ0n) is 17.0. The SMILES string of the molecule is CCCN1C(=O)C(C)(C)COc2cc(NC(=O)Cc3cccc(C)c3)ccc21. The molecule has 2 amide bonds. The van der Waals surface area contributed by atoms with Crippen LogP contribution in [0, 0.1) is 12.3 Å². The molecule has 0 radical (unpaired) electrons. The molecule has 1 N–H and O–H groups in total. The van der Waals surface area contributed by atoms with Crippen LogP contribution < -0.4 is 15.0 Å². The van der Waals surface area contributed by atoms with Crippen molar-refractivity contribution in [3.05, 3.63) is 53.6 Å². The van der Waals surface area contributed by atoms with Crippen LogP contribution in [0.15, 0.2) is 42.5 Å². The number of aryl methyl sites for hydroxylation is 1. The van der Waals surface area contributed by atoms with Gasteiger partial charge in [0.05, 0.1) is 17.5 Å². The van der Waals surface area contributed by atoms with Crippen molar-refractivity contribution in [1.82, 2.24) is 0 Å². The molecule has 2 aromatic carbocycles. The molecule has 3 rings (SSSR count). The first-order chi connectivity index (χ1) is 13.3. The summed E-state index contributed by atoms with van der Waals surface area (Å²) >= 11 is 0. The predicted molar refractivity (Wildman–Crippen MR) is 112 cm³/mol. The third-order valence-corrected chi connectivity index (χ3v) is 4.84. The molecule has 0 bridgehead atoms. The second kappa shape index (κ2) is 8.05. The molecule has 5 heteroatoms. The van der Waals surface area contributed by atoms with Gasteiger partial charge in [0.1, 0.15) is 12.4 Å². The van der Waals surface area contributed by atoms with Gasteiger partial charge in [-0.2, -0.15) is 0 Å². The number of nitrogens with zero attached hydrogens (tertiary/aromatic N) is 1. The predicted octanol–water partition coefficient (Wildman–Crippen LogP) is 4.34. The van der Waals surface area contributed by atoms with Crippen LogP contribution in [0.5, 0.6) is 5.75 Å². The lowest BCUT2D eigenvalue weighted by Crippen LogP contribution is -2.42. The van der Waals surface area contributed by atoms with Gasteiger partial charge < -0.3 is 15.0 Å². The molecule has 1 aliphatic heterocycles. The molecule has 0 unspecified atom stereocenters. The van der Waals surface area contributed by atoms with Crippen molar-refractivity contribution in [3.63, 3.8) is 0 Å². The number of carbonyl (C=O) groups is 2. The maximum absolute atomic E-state index is 12.9. The molecule has 0 aromatic heterocycles. The molecular formula is C23H28N2O3. The van der Waals surface area contributed by atoms with Crippen LogP contribution in [-0.2, 0) is 16.0 Å². The molecule has 0 fully saturated rings. The summed E-state index contributed by atoms with van der Waals surface area (Å²) in [6.45, 7) is 8.79. The summed E-state index contributed by atoms with van der Waals surface area (Å²) in [6, 6.07) is 13.4. The Balaban J connectivity index is 1.80. The minimum atomic E-state index is -0.594. The molecule has 0 spiro atoms. The minimum absolute atomic E-state index is 0.0596. The minimum Gasteiger partial charge on any atom is -0.490 e. The van der Waals surface area contributed by atoms with Gasteiger partial charge in [0, 0.05) is 18.3 Å². The van der Waals surface area contributed by atoms with Crippen molar-refractivity contribution in [2.75, 3.05) is 23.4 Å². The molecule has 0 aliphatic carbocycles. The van der Waals surface area contributed by atoms with E-state index in [4.69, 9.17) is 4.74 Å². The Bertz CT molecular complexity index is 889. The number of hydrogen-bond donors (Lipinski definition) is 1. The first kappa shape index (κ1) is 19.9. The van der Waals surface area contributed by atoms with E-state index in [1.54, 1.807) is 11.0 Å². The zero-order chi connectivity index (χ0) is 20.3. The monoisotopic (exact) mass is 380 g/mol. The quantitative estimate of drug-likeness (QED) is 0.839. The molecule has 1 aliphatic rings. The summed E-state index contributed by atoms with van der Waals surface area (Å²) in [6.07, 6.45) is 1.17. The van der Waals surface area contributed by atoms with Gasteiger partial charge in [-0.25, -0.2) is 0 Å². The van der Waals surface area contributed by atoms with Crippen molar-refractivity contribution < 1.29 is 14.3 Å². The number of fused-ring (bicyclic) bond motifs is 1. The Labute approximate surface area is 166 Å². The Morgan fingerprint density at radius 1 is 1.21 bits per heavy atom. The lowest BCUT2D eigenvalue weighted by molar-refractivity contribution is -0.127. The van der Waals surface area contributed by atoms with Crippen LogP contribution in [0.4, 0.5) is 11.4 Å². The van der Waals surface area contributed by atoms with Gasteiger partial charge in [-0.15, -0.1) is 0 Å². The highest BCUT2D eigenvalue weighted by atomic mass is 16.5. The van der Waals surface area contributed by atoms with Gasteiger partial charge in [-0.3, -0.25) is 9.59 Å². The number of benzene rings is 2. The summed E-state index contributed by atoms with van der Waals surface area (Å²) in [5, 5.41) is 2.94. The van der Waals surface area contributed by atoms with E-state index < -0.39 is 5.41 Å². The zero-order valence-corrected chi connectivity index (χ0v) is 17.0. The highest BCUT2D eigenvalue weighted by molar-refractivity contribution is 6.00. The van der Waals surface area contributed by atoms with Gasteiger partial charge in [0.15, 0.2) is 0 Å². The summed E-state index contributed by atoms with van der Waals surface area (Å²) in [4.78, 5) is 27.1. The molecule has 2 aromatic rings. The average molecular weight is 380 g/mol. The topological polar surface area (TPSA) is 58.6 Å². The lowest BCUT2D eigenvalue weighted by atomic mass is 9.93. The van der Waals surface area contributed by atoms with E-state index in [-0.39, 0.29) is 11.8 Å². The molecule has 0 saturated heterocycles. The second-order valence-corrected chi connectivity index (χ2v) is 8.03. The average Bonchev–Trinajstić information content (AvgIpc) is 2.72. The first-order valence-electron chi connectivity index (χ1n) is 9.74. The van der Waals surface area contributed by atoms with E-state index in [1.165, 1.54) is 0 Å². The van der Waals surface area contributed by atoms with Gasteiger partial charge in [0.2, 0.25) is 11.8 Å². The van der Waals surface area contributed by atoms with Crippen molar-refractivity contribution >= 4 is 23.2 Å². The molecule has 1 heterocycles. The lowest BCUT2D eigenvalue weighted by Gasteiger charge is -2.27. The van der Waals surface area contributed by atoms with Crippen molar-refractivity contribution in [1.29, 1.82) is 0 Å². The third-order valence-electron chi connectivity index (χ3n) is 4.84.